The van der Waals surface area contributed by atoms with Gasteiger partial charge in [0, 0.05) is 24.0 Å². The lowest BCUT2D eigenvalue weighted by molar-refractivity contribution is -0.0291. The highest BCUT2D eigenvalue weighted by molar-refractivity contribution is 6.04. The summed E-state index contributed by atoms with van der Waals surface area (Å²) in [6.07, 6.45) is 1.64. The van der Waals surface area contributed by atoms with Crippen LogP contribution in [-0.4, -0.2) is 22.1 Å². The van der Waals surface area contributed by atoms with E-state index in [0.29, 0.717) is 11.7 Å². The van der Waals surface area contributed by atoms with Gasteiger partial charge in [-0.2, -0.15) is 5.10 Å². The van der Waals surface area contributed by atoms with Gasteiger partial charge in [-0.1, -0.05) is 43.7 Å². The molecule has 0 radical (unpaired) electrons. The van der Waals surface area contributed by atoms with E-state index in [1.54, 1.807) is 6.07 Å². The van der Waals surface area contributed by atoms with Crippen molar-refractivity contribution in [1.82, 2.24) is 5.01 Å². The van der Waals surface area contributed by atoms with E-state index in [1.807, 2.05) is 37.3 Å². The van der Waals surface area contributed by atoms with Gasteiger partial charge >= 0.3 is 0 Å². The molecule has 4 nitrogen and oxygen atoms in total. The fourth-order valence-electron chi connectivity index (χ4n) is 3.71. The highest BCUT2D eigenvalue weighted by atomic mass is 16.5. The molecule has 0 aliphatic carbocycles. The van der Waals surface area contributed by atoms with E-state index >= 15 is 0 Å². The van der Waals surface area contributed by atoms with E-state index in [-0.39, 0.29) is 12.3 Å². The lowest BCUT2D eigenvalue weighted by Crippen LogP contribution is -2.41. The number of aryl methyl sites for hydroxylation is 1. The van der Waals surface area contributed by atoms with Gasteiger partial charge in [0.05, 0.1) is 11.8 Å². The van der Waals surface area contributed by atoms with Crippen LogP contribution in [0.25, 0.3) is 0 Å². The fraction of sp³-hybridized carbons (Fsp3) is 0.381. The summed E-state index contributed by atoms with van der Waals surface area (Å²) in [5.41, 5.74) is 4.06. The third kappa shape index (κ3) is 2.86. The standard InChI is InChI=1S/C21H24N2O2/c1-13(2)10-21-23-18(15-6-4-5-7-20(15)25-21)12-17(22-23)16-11-14(3)8-9-19(16)24/h4-9,11,13,18,21,24H,10,12H2,1-3H3/t18-,21+/m0/s1. The maximum atomic E-state index is 10.3. The largest absolute Gasteiger partial charge is 0.507 e. The molecule has 25 heavy (non-hydrogen) atoms. The zero-order chi connectivity index (χ0) is 17.6. The maximum absolute atomic E-state index is 10.3. The van der Waals surface area contributed by atoms with Gasteiger partial charge in [0.2, 0.25) is 0 Å². The van der Waals surface area contributed by atoms with Gasteiger partial charge in [-0.05, 0) is 31.0 Å². The van der Waals surface area contributed by atoms with Crippen LogP contribution in [0.4, 0.5) is 0 Å². The number of hydrazone groups is 1. The van der Waals surface area contributed by atoms with Crippen molar-refractivity contribution < 1.29 is 9.84 Å². The maximum Gasteiger partial charge on any atom is 0.188 e. The summed E-state index contributed by atoms with van der Waals surface area (Å²) in [5.74, 6) is 1.76. The smallest absolute Gasteiger partial charge is 0.188 e. The molecule has 2 heterocycles. The summed E-state index contributed by atoms with van der Waals surface area (Å²) in [6.45, 7) is 6.43. The molecule has 2 atom stereocenters. The number of para-hydroxylation sites is 1. The molecule has 0 amide bonds. The second-order valence-electron chi connectivity index (χ2n) is 7.41. The van der Waals surface area contributed by atoms with Crippen LogP contribution in [0, 0.1) is 12.8 Å². The minimum absolute atomic E-state index is 0.0654. The third-order valence-corrected chi connectivity index (χ3v) is 4.91. The predicted molar refractivity (Wildman–Crippen MR) is 98.9 cm³/mol. The number of phenolic OH excluding ortho intramolecular Hbond substituents is 1. The van der Waals surface area contributed by atoms with E-state index in [0.717, 1.165) is 35.4 Å². The van der Waals surface area contributed by atoms with Crippen molar-refractivity contribution in [2.24, 2.45) is 11.0 Å². The molecule has 2 aliphatic heterocycles. The van der Waals surface area contributed by atoms with Crippen molar-refractivity contribution in [3.63, 3.8) is 0 Å². The summed E-state index contributed by atoms with van der Waals surface area (Å²) in [5, 5.41) is 17.3. The Morgan fingerprint density at radius 1 is 1.24 bits per heavy atom. The Morgan fingerprint density at radius 2 is 2.04 bits per heavy atom. The predicted octanol–water partition coefficient (Wildman–Crippen LogP) is 4.62. The van der Waals surface area contributed by atoms with Crippen LogP contribution >= 0.6 is 0 Å². The number of rotatable bonds is 3. The van der Waals surface area contributed by atoms with Crippen LogP contribution < -0.4 is 4.74 Å². The molecule has 4 rings (SSSR count). The minimum Gasteiger partial charge on any atom is -0.507 e. The first-order chi connectivity index (χ1) is 12.0. The monoisotopic (exact) mass is 336 g/mol. The lowest BCUT2D eigenvalue weighted by atomic mass is 9.95. The van der Waals surface area contributed by atoms with Gasteiger partial charge in [-0.3, -0.25) is 5.01 Å². The normalized spacial score (nSPS) is 21.6. The molecule has 0 spiro atoms. The van der Waals surface area contributed by atoms with Crippen molar-refractivity contribution >= 4 is 5.71 Å². The molecule has 4 heteroatoms. The second kappa shape index (κ2) is 6.10. The molecule has 2 aromatic rings. The Balaban J connectivity index is 1.75. The van der Waals surface area contributed by atoms with E-state index in [9.17, 15) is 5.11 Å². The molecule has 0 unspecified atom stereocenters. The van der Waals surface area contributed by atoms with Gasteiger partial charge in [0.1, 0.15) is 11.5 Å². The summed E-state index contributed by atoms with van der Waals surface area (Å²) < 4.78 is 6.25. The highest BCUT2D eigenvalue weighted by Gasteiger charge is 2.40. The number of fused-ring (bicyclic) bond motifs is 3. The van der Waals surface area contributed by atoms with Crippen LogP contribution in [0.3, 0.4) is 0 Å². The van der Waals surface area contributed by atoms with E-state index < -0.39 is 0 Å². The first-order valence-corrected chi connectivity index (χ1v) is 8.94. The second-order valence-corrected chi connectivity index (χ2v) is 7.41. The average Bonchev–Trinajstić information content (AvgIpc) is 3.02. The molecule has 0 fully saturated rings. The van der Waals surface area contributed by atoms with Gasteiger partial charge in [0.25, 0.3) is 0 Å². The summed E-state index contributed by atoms with van der Waals surface area (Å²) in [4.78, 5) is 0. The Labute approximate surface area is 148 Å². The molecule has 1 N–H and O–H groups in total. The van der Waals surface area contributed by atoms with E-state index in [2.05, 4.69) is 24.9 Å². The topological polar surface area (TPSA) is 45.1 Å². The molecular formula is C21H24N2O2. The van der Waals surface area contributed by atoms with Crippen molar-refractivity contribution in [1.29, 1.82) is 0 Å². The first-order valence-electron chi connectivity index (χ1n) is 8.94. The van der Waals surface area contributed by atoms with Crippen LogP contribution in [0.2, 0.25) is 0 Å². The van der Waals surface area contributed by atoms with Gasteiger partial charge in [0.15, 0.2) is 6.23 Å². The Morgan fingerprint density at radius 3 is 2.84 bits per heavy atom. The lowest BCUT2D eigenvalue weighted by Gasteiger charge is -2.38. The average molecular weight is 336 g/mol. The number of benzene rings is 2. The zero-order valence-corrected chi connectivity index (χ0v) is 14.9. The van der Waals surface area contributed by atoms with Crippen molar-refractivity contribution in [2.75, 3.05) is 0 Å². The Hall–Kier alpha value is -2.49. The van der Waals surface area contributed by atoms with Crippen molar-refractivity contribution in [2.45, 2.75) is 45.9 Å². The number of hydrogen-bond donors (Lipinski definition) is 1. The minimum atomic E-state index is -0.0654. The van der Waals surface area contributed by atoms with Gasteiger partial charge < -0.3 is 9.84 Å². The fourth-order valence-corrected chi connectivity index (χ4v) is 3.71. The molecule has 0 bridgehead atoms. The number of nitrogens with zero attached hydrogens (tertiary/aromatic N) is 2. The Kier molecular flexibility index (Phi) is 3.91. The number of hydrogen-bond acceptors (Lipinski definition) is 4. The van der Waals surface area contributed by atoms with Crippen molar-refractivity contribution in [3.05, 3.63) is 59.2 Å². The number of aromatic hydroxyl groups is 1. The van der Waals surface area contributed by atoms with Crippen LogP contribution in [0.1, 0.15) is 49.4 Å². The van der Waals surface area contributed by atoms with Crippen LogP contribution in [0.5, 0.6) is 11.5 Å². The van der Waals surface area contributed by atoms with Crippen LogP contribution in [0.15, 0.2) is 47.6 Å². The van der Waals surface area contributed by atoms with Crippen molar-refractivity contribution in [3.8, 4) is 11.5 Å². The molecule has 0 aromatic heterocycles. The highest BCUT2D eigenvalue weighted by Crippen LogP contribution is 2.44. The molecule has 130 valence electrons. The SMILES string of the molecule is Cc1ccc(O)c(C2=NN3[C@@H](CC(C)C)Oc4ccccc4[C@@H]3C2)c1. The zero-order valence-electron chi connectivity index (χ0n) is 14.9. The molecular weight excluding hydrogens is 312 g/mol. The molecule has 0 saturated heterocycles. The van der Waals surface area contributed by atoms with Gasteiger partial charge in [-0.15, -0.1) is 0 Å². The summed E-state index contributed by atoms with van der Waals surface area (Å²) in [6, 6.07) is 14.1. The first kappa shape index (κ1) is 16.0. The van der Waals surface area contributed by atoms with E-state index in [4.69, 9.17) is 9.84 Å². The third-order valence-electron chi connectivity index (χ3n) is 4.91. The number of phenols is 1. The van der Waals surface area contributed by atoms with E-state index in [1.165, 1.54) is 5.56 Å². The summed E-state index contributed by atoms with van der Waals surface area (Å²) >= 11 is 0. The molecule has 0 saturated carbocycles. The number of ether oxygens (including phenoxy) is 1. The van der Waals surface area contributed by atoms with Gasteiger partial charge in [-0.25, -0.2) is 0 Å². The molecule has 2 aliphatic rings. The summed E-state index contributed by atoms with van der Waals surface area (Å²) in [7, 11) is 0. The Bertz CT molecular complexity index is 828. The quantitative estimate of drug-likeness (QED) is 0.890. The molecule has 2 aromatic carbocycles. The van der Waals surface area contributed by atoms with Crippen LogP contribution in [-0.2, 0) is 0 Å².